The van der Waals surface area contributed by atoms with Crippen molar-refractivity contribution in [3.05, 3.63) is 34.5 Å². The summed E-state index contributed by atoms with van der Waals surface area (Å²) >= 11 is 1.70. The topological polar surface area (TPSA) is 78.4 Å². The van der Waals surface area contributed by atoms with Crippen molar-refractivity contribution in [3.63, 3.8) is 0 Å². The van der Waals surface area contributed by atoms with Crippen LogP contribution in [0, 0.1) is 0 Å². The molecule has 2 unspecified atom stereocenters. The van der Waals surface area contributed by atoms with Gasteiger partial charge in [0, 0.05) is 4.88 Å². The summed E-state index contributed by atoms with van der Waals surface area (Å²) in [6.07, 6.45) is 4.67. The SMILES string of the molecule is C=CCC(NC(=O)NC1CCCc2sccc21)C(=O)O. The normalized spacial score (nSPS) is 18.7. The van der Waals surface area contributed by atoms with Crippen molar-refractivity contribution >= 4 is 23.3 Å². The Bertz CT molecular complexity index is 512. The predicted octanol–water partition coefficient (Wildman–Crippen LogP) is 2.45. The smallest absolute Gasteiger partial charge is 0.326 e. The number of fused-ring (bicyclic) bond motifs is 1. The zero-order valence-electron chi connectivity index (χ0n) is 11.1. The average molecular weight is 294 g/mol. The molecule has 108 valence electrons. The van der Waals surface area contributed by atoms with E-state index in [1.807, 2.05) is 11.4 Å². The number of carboxylic acid groups (broad SMARTS) is 1. The minimum Gasteiger partial charge on any atom is -0.480 e. The van der Waals surface area contributed by atoms with Gasteiger partial charge in [-0.2, -0.15) is 0 Å². The van der Waals surface area contributed by atoms with Gasteiger partial charge in [-0.3, -0.25) is 0 Å². The molecule has 1 aromatic heterocycles. The Balaban J connectivity index is 1.95. The van der Waals surface area contributed by atoms with Crippen LogP contribution in [0.5, 0.6) is 0 Å². The van der Waals surface area contributed by atoms with Crippen molar-refractivity contribution in [3.8, 4) is 0 Å². The van der Waals surface area contributed by atoms with Crippen LogP contribution in [0.3, 0.4) is 0 Å². The van der Waals surface area contributed by atoms with Gasteiger partial charge in [0.05, 0.1) is 6.04 Å². The maximum absolute atomic E-state index is 11.9. The summed E-state index contributed by atoms with van der Waals surface area (Å²) < 4.78 is 0. The first-order valence-electron chi connectivity index (χ1n) is 6.58. The van der Waals surface area contributed by atoms with Crippen molar-refractivity contribution in [2.75, 3.05) is 0 Å². The molecule has 0 fully saturated rings. The number of carbonyl (C=O) groups excluding carboxylic acids is 1. The summed E-state index contributed by atoms with van der Waals surface area (Å²) in [7, 11) is 0. The molecule has 0 aliphatic heterocycles. The van der Waals surface area contributed by atoms with Crippen LogP contribution in [0.1, 0.15) is 35.7 Å². The van der Waals surface area contributed by atoms with Crippen LogP contribution >= 0.6 is 11.3 Å². The molecule has 0 saturated carbocycles. The molecule has 2 amide bonds. The number of amides is 2. The molecular weight excluding hydrogens is 276 g/mol. The van der Waals surface area contributed by atoms with E-state index in [4.69, 9.17) is 5.11 Å². The highest BCUT2D eigenvalue weighted by Crippen LogP contribution is 2.33. The van der Waals surface area contributed by atoms with E-state index in [1.165, 1.54) is 11.0 Å². The number of hydrogen-bond donors (Lipinski definition) is 3. The lowest BCUT2D eigenvalue weighted by Crippen LogP contribution is -2.47. The highest BCUT2D eigenvalue weighted by molar-refractivity contribution is 7.10. The third-order valence-corrected chi connectivity index (χ3v) is 4.36. The fourth-order valence-corrected chi connectivity index (χ4v) is 3.37. The number of urea groups is 1. The van der Waals surface area contributed by atoms with Crippen LogP contribution in [0.4, 0.5) is 4.79 Å². The number of carbonyl (C=O) groups is 2. The summed E-state index contributed by atoms with van der Waals surface area (Å²) in [6, 6.07) is 0.632. The van der Waals surface area contributed by atoms with Crippen molar-refractivity contribution in [2.45, 2.75) is 37.8 Å². The Morgan fingerprint density at radius 1 is 1.60 bits per heavy atom. The van der Waals surface area contributed by atoms with E-state index in [-0.39, 0.29) is 12.5 Å². The Morgan fingerprint density at radius 2 is 2.40 bits per heavy atom. The standard InChI is InChI=1S/C14H18N2O3S/c1-2-4-11(13(17)18)16-14(19)15-10-5-3-6-12-9(10)7-8-20-12/h2,7-8,10-11H,1,3-6H2,(H,17,18)(H2,15,16,19). The Morgan fingerprint density at radius 3 is 3.10 bits per heavy atom. The molecular formula is C14H18N2O3S. The van der Waals surface area contributed by atoms with E-state index in [0.717, 1.165) is 24.8 Å². The summed E-state index contributed by atoms with van der Waals surface area (Å²) in [5.41, 5.74) is 1.16. The molecule has 0 aromatic carbocycles. The number of carboxylic acids is 1. The van der Waals surface area contributed by atoms with Crippen molar-refractivity contribution in [2.24, 2.45) is 0 Å². The molecule has 0 bridgehead atoms. The van der Waals surface area contributed by atoms with Crippen molar-refractivity contribution in [1.29, 1.82) is 0 Å². The lowest BCUT2D eigenvalue weighted by molar-refractivity contribution is -0.139. The number of rotatable bonds is 5. The van der Waals surface area contributed by atoms with E-state index in [2.05, 4.69) is 17.2 Å². The van der Waals surface area contributed by atoms with Gasteiger partial charge in [0.1, 0.15) is 6.04 Å². The molecule has 0 saturated heterocycles. The molecule has 0 radical (unpaired) electrons. The Labute approximate surface area is 121 Å². The van der Waals surface area contributed by atoms with Crippen LogP contribution in [0.2, 0.25) is 0 Å². The molecule has 2 atom stereocenters. The van der Waals surface area contributed by atoms with Gasteiger partial charge >= 0.3 is 12.0 Å². The minimum atomic E-state index is -1.06. The van der Waals surface area contributed by atoms with Crippen molar-refractivity contribution < 1.29 is 14.7 Å². The second-order valence-corrected chi connectivity index (χ2v) is 5.78. The predicted molar refractivity (Wildman–Crippen MR) is 77.9 cm³/mol. The zero-order chi connectivity index (χ0) is 14.5. The average Bonchev–Trinajstić information content (AvgIpc) is 2.87. The third-order valence-electron chi connectivity index (χ3n) is 3.36. The second kappa shape index (κ2) is 6.56. The molecule has 6 heteroatoms. The number of thiophene rings is 1. The number of hydrogen-bond acceptors (Lipinski definition) is 3. The molecule has 1 aromatic rings. The van der Waals surface area contributed by atoms with Gasteiger partial charge in [0.15, 0.2) is 0 Å². The molecule has 2 rings (SSSR count). The molecule has 1 aliphatic carbocycles. The highest BCUT2D eigenvalue weighted by atomic mass is 32.1. The lowest BCUT2D eigenvalue weighted by atomic mass is 9.94. The van der Waals surface area contributed by atoms with Crippen LogP contribution in [-0.2, 0) is 11.2 Å². The first-order chi connectivity index (χ1) is 9.61. The molecule has 1 heterocycles. The fraction of sp³-hybridized carbons (Fsp3) is 0.429. The lowest BCUT2D eigenvalue weighted by Gasteiger charge is -2.24. The maximum Gasteiger partial charge on any atom is 0.326 e. The highest BCUT2D eigenvalue weighted by Gasteiger charge is 2.24. The molecule has 20 heavy (non-hydrogen) atoms. The van der Waals surface area contributed by atoms with Gasteiger partial charge in [-0.25, -0.2) is 9.59 Å². The molecule has 3 N–H and O–H groups in total. The van der Waals surface area contributed by atoms with Gasteiger partial charge in [-0.05, 0) is 42.7 Å². The van der Waals surface area contributed by atoms with Gasteiger partial charge in [0.25, 0.3) is 0 Å². The number of nitrogens with one attached hydrogen (secondary N) is 2. The van der Waals surface area contributed by atoms with Crippen LogP contribution in [0.25, 0.3) is 0 Å². The first-order valence-corrected chi connectivity index (χ1v) is 7.46. The van der Waals surface area contributed by atoms with Crippen molar-refractivity contribution in [1.82, 2.24) is 10.6 Å². The first kappa shape index (κ1) is 14.6. The van der Waals surface area contributed by atoms with Crippen LogP contribution < -0.4 is 10.6 Å². The van der Waals surface area contributed by atoms with E-state index >= 15 is 0 Å². The largest absolute Gasteiger partial charge is 0.480 e. The van der Waals surface area contributed by atoms with Crippen LogP contribution in [0.15, 0.2) is 24.1 Å². The fourth-order valence-electron chi connectivity index (χ4n) is 2.38. The van der Waals surface area contributed by atoms with Gasteiger partial charge in [0.2, 0.25) is 0 Å². The summed E-state index contributed by atoms with van der Waals surface area (Å²) in [4.78, 5) is 24.2. The Kier molecular flexibility index (Phi) is 4.79. The third kappa shape index (κ3) is 3.39. The second-order valence-electron chi connectivity index (χ2n) is 4.78. The van der Waals surface area contributed by atoms with Gasteiger partial charge < -0.3 is 15.7 Å². The molecule has 5 nitrogen and oxygen atoms in total. The summed E-state index contributed by atoms with van der Waals surface area (Å²) in [6.45, 7) is 3.49. The minimum absolute atomic E-state index is 0.0248. The zero-order valence-corrected chi connectivity index (χ0v) is 11.9. The maximum atomic E-state index is 11.9. The number of aliphatic carboxylic acids is 1. The Hall–Kier alpha value is -1.82. The monoisotopic (exact) mass is 294 g/mol. The molecule has 1 aliphatic rings. The van der Waals surface area contributed by atoms with E-state index in [1.54, 1.807) is 11.3 Å². The van der Waals surface area contributed by atoms with E-state index < -0.39 is 18.0 Å². The van der Waals surface area contributed by atoms with Crippen LogP contribution in [-0.4, -0.2) is 23.1 Å². The summed E-state index contributed by atoms with van der Waals surface area (Å²) in [5, 5.41) is 16.4. The quantitative estimate of drug-likeness (QED) is 0.730. The van der Waals surface area contributed by atoms with E-state index in [0.29, 0.717) is 0 Å². The number of aryl methyl sites for hydroxylation is 1. The van der Waals surface area contributed by atoms with Gasteiger partial charge in [-0.15, -0.1) is 17.9 Å². The van der Waals surface area contributed by atoms with Gasteiger partial charge in [-0.1, -0.05) is 6.08 Å². The van der Waals surface area contributed by atoms with E-state index in [9.17, 15) is 9.59 Å². The molecule has 0 spiro atoms. The summed E-state index contributed by atoms with van der Waals surface area (Å²) in [5.74, 6) is -1.06.